The lowest BCUT2D eigenvalue weighted by Gasteiger charge is -2.49. The highest BCUT2D eigenvalue weighted by molar-refractivity contribution is 6.56. The first-order chi connectivity index (χ1) is 11.2. The van der Waals surface area contributed by atoms with Crippen molar-refractivity contribution in [3.05, 3.63) is 28.8 Å². The van der Waals surface area contributed by atoms with E-state index in [2.05, 4.69) is 0 Å². The Hall–Kier alpha value is -1.43. The van der Waals surface area contributed by atoms with Crippen molar-refractivity contribution in [1.82, 2.24) is 0 Å². The standard InChI is InChI=1S/C17H16Cl2O5/c1-8-4-5-10-12(13(8)24-3)15(22)16(18)7-9(20)6-11(23-2)17(16,19)14(10)21/h4-5,11H,6-7H2,1-3H3/t11-,16+,17-/m0/s1. The van der Waals surface area contributed by atoms with E-state index >= 15 is 0 Å². The quantitative estimate of drug-likeness (QED) is 0.748. The summed E-state index contributed by atoms with van der Waals surface area (Å²) in [6.45, 7) is 1.75. The van der Waals surface area contributed by atoms with Gasteiger partial charge in [0.25, 0.3) is 0 Å². The van der Waals surface area contributed by atoms with E-state index < -0.39 is 27.4 Å². The van der Waals surface area contributed by atoms with Gasteiger partial charge in [-0.1, -0.05) is 12.1 Å². The summed E-state index contributed by atoms with van der Waals surface area (Å²) >= 11 is 13.2. The zero-order valence-corrected chi connectivity index (χ0v) is 15.0. The molecule has 0 aromatic heterocycles. The molecule has 2 aliphatic rings. The van der Waals surface area contributed by atoms with Crippen molar-refractivity contribution >= 4 is 40.6 Å². The minimum atomic E-state index is -1.89. The third-order valence-electron chi connectivity index (χ3n) is 4.88. The third kappa shape index (κ3) is 1.95. The van der Waals surface area contributed by atoms with Crippen LogP contribution < -0.4 is 4.74 Å². The molecular weight excluding hydrogens is 355 g/mol. The third-order valence-corrected chi connectivity index (χ3v) is 6.32. The summed E-state index contributed by atoms with van der Waals surface area (Å²) in [7, 11) is 2.75. The van der Waals surface area contributed by atoms with Gasteiger partial charge in [0.15, 0.2) is 16.4 Å². The molecule has 0 aliphatic heterocycles. The summed E-state index contributed by atoms with van der Waals surface area (Å²) in [5, 5.41) is 0. The number of rotatable bonds is 2. The lowest BCUT2D eigenvalue weighted by atomic mass is 9.64. The molecule has 0 bridgehead atoms. The number of hydrogen-bond acceptors (Lipinski definition) is 5. The SMILES string of the molecule is COc1c(C)ccc2c1C(=O)[C@]1(Cl)CC(=O)C[C@H](OC)[C@]1(Cl)C2=O. The Labute approximate surface area is 149 Å². The van der Waals surface area contributed by atoms with Crippen LogP contribution in [-0.2, 0) is 9.53 Å². The molecular formula is C17H16Cl2O5. The number of hydrogen-bond donors (Lipinski definition) is 0. The minimum absolute atomic E-state index is 0.0637. The molecule has 3 atom stereocenters. The van der Waals surface area contributed by atoms with Gasteiger partial charge in [-0.25, -0.2) is 0 Å². The molecule has 1 fully saturated rings. The van der Waals surface area contributed by atoms with Crippen molar-refractivity contribution < 1.29 is 23.9 Å². The molecule has 7 heteroatoms. The average molecular weight is 371 g/mol. The van der Waals surface area contributed by atoms with E-state index in [4.69, 9.17) is 32.7 Å². The molecule has 0 heterocycles. The summed E-state index contributed by atoms with van der Waals surface area (Å²) in [5.41, 5.74) is 0.911. The highest BCUT2D eigenvalue weighted by Gasteiger charge is 2.70. The number of halogens is 2. The van der Waals surface area contributed by atoms with E-state index in [1.807, 2.05) is 0 Å². The predicted molar refractivity (Wildman–Crippen MR) is 88.6 cm³/mol. The predicted octanol–water partition coefficient (Wildman–Crippen LogP) is 2.72. The number of ketones is 3. The Morgan fingerprint density at radius 1 is 1.12 bits per heavy atom. The van der Waals surface area contributed by atoms with E-state index in [-0.39, 0.29) is 35.5 Å². The van der Waals surface area contributed by atoms with Crippen molar-refractivity contribution in [2.45, 2.75) is 35.6 Å². The molecule has 0 N–H and O–H groups in total. The van der Waals surface area contributed by atoms with E-state index in [1.54, 1.807) is 13.0 Å². The van der Waals surface area contributed by atoms with Gasteiger partial charge in [-0.3, -0.25) is 14.4 Å². The van der Waals surface area contributed by atoms with E-state index in [0.717, 1.165) is 0 Å². The van der Waals surface area contributed by atoms with Crippen LogP contribution in [0.4, 0.5) is 0 Å². The molecule has 0 saturated heterocycles. The maximum absolute atomic E-state index is 13.2. The fraction of sp³-hybridized carbons (Fsp3) is 0.471. The molecule has 1 aromatic rings. The first-order valence-electron chi connectivity index (χ1n) is 7.41. The van der Waals surface area contributed by atoms with Crippen LogP contribution in [0, 0.1) is 6.92 Å². The van der Waals surface area contributed by atoms with Gasteiger partial charge in [0, 0.05) is 25.5 Å². The van der Waals surface area contributed by atoms with Gasteiger partial charge in [-0.05, 0) is 12.5 Å². The monoisotopic (exact) mass is 370 g/mol. The van der Waals surface area contributed by atoms with Crippen molar-refractivity contribution in [1.29, 1.82) is 0 Å². The summed E-state index contributed by atoms with van der Waals surface area (Å²) in [4.78, 5) is 34.7. The van der Waals surface area contributed by atoms with Gasteiger partial charge in [0.1, 0.15) is 16.4 Å². The van der Waals surface area contributed by atoms with E-state index in [1.165, 1.54) is 20.3 Å². The molecule has 5 nitrogen and oxygen atoms in total. The summed E-state index contributed by atoms with van der Waals surface area (Å²) in [5.74, 6) is -1.10. The molecule has 0 spiro atoms. The fourth-order valence-corrected chi connectivity index (χ4v) is 4.52. The molecule has 0 unspecified atom stereocenters. The summed E-state index contributed by atoms with van der Waals surface area (Å²) in [6.07, 6.45) is -1.36. The van der Waals surface area contributed by atoms with Gasteiger partial charge in [-0.2, -0.15) is 0 Å². The molecule has 24 heavy (non-hydrogen) atoms. The molecule has 128 valence electrons. The zero-order valence-electron chi connectivity index (χ0n) is 13.4. The Balaban J connectivity index is 2.35. The second kappa shape index (κ2) is 5.55. The second-order valence-corrected chi connectivity index (χ2v) is 7.39. The maximum Gasteiger partial charge on any atom is 0.191 e. The highest BCUT2D eigenvalue weighted by atomic mass is 35.5. The Morgan fingerprint density at radius 3 is 2.38 bits per heavy atom. The van der Waals surface area contributed by atoms with Crippen LogP contribution in [-0.4, -0.2) is 47.4 Å². The molecule has 0 amide bonds. The van der Waals surface area contributed by atoms with Crippen molar-refractivity contribution in [2.24, 2.45) is 0 Å². The van der Waals surface area contributed by atoms with Crippen LogP contribution in [0.2, 0.25) is 0 Å². The molecule has 3 rings (SSSR count). The number of methoxy groups -OCH3 is 2. The van der Waals surface area contributed by atoms with Crippen LogP contribution in [0.15, 0.2) is 12.1 Å². The van der Waals surface area contributed by atoms with Crippen LogP contribution in [0.5, 0.6) is 5.75 Å². The topological polar surface area (TPSA) is 69.7 Å². The Morgan fingerprint density at radius 2 is 1.79 bits per heavy atom. The van der Waals surface area contributed by atoms with Crippen molar-refractivity contribution in [2.75, 3.05) is 14.2 Å². The molecule has 2 aliphatic carbocycles. The van der Waals surface area contributed by atoms with Gasteiger partial charge >= 0.3 is 0 Å². The number of carbonyl (C=O) groups excluding carboxylic acids is 3. The normalized spacial score (nSPS) is 32.4. The Bertz CT molecular complexity index is 774. The average Bonchev–Trinajstić information content (AvgIpc) is 2.55. The van der Waals surface area contributed by atoms with Crippen molar-refractivity contribution in [3.8, 4) is 5.75 Å². The minimum Gasteiger partial charge on any atom is -0.496 e. The lowest BCUT2D eigenvalue weighted by molar-refractivity contribution is -0.125. The van der Waals surface area contributed by atoms with Gasteiger partial charge < -0.3 is 9.47 Å². The second-order valence-electron chi connectivity index (χ2n) is 6.15. The maximum atomic E-state index is 13.2. The number of alkyl halides is 2. The largest absolute Gasteiger partial charge is 0.496 e. The van der Waals surface area contributed by atoms with Crippen molar-refractivity contribution in [3.63, 3.8) is 0 Å². The first kappa shape index (κ1) is 17.4. The lowest BCUT2D eigenvalue weighted by Crippen LogP contribution is -2.69. The summed E-state index contributed by atoms with van der Waals surface area (Å²) < 4.78 is 10.6. The molecule has 1 saturated carbocycles. The molecule has 1 aromatic carbocycles. The van der Waals surface area contributed by atoms with Gasteiger partial charge in [0.2, 0.25) is 0 Å². The van der Waals surface area contributed by atoms with Gasteiger partial charge in [-0.15, -0.1) is 23.2 Å². The Kier molecular flexibility index (Phi) is 4.02. The van der Waals surface area contributed by atoms with Crippen LogP contribution in [0.25, 0.3) is 0 Å². The highest BCUT2D eigenvalue weighted by Crippen LogP contribution is 2.54. The smallest absolute Gasteiger partial charge is 0.191 e. The fourth-order valence-electron chi connectivity index (χ4n) is 3.65. The number of benzene rings is 1. The number of Topliss-reactive ketones (excluding diaryl/α,β-unsaturated/α-hetero) is 3. The number of carbonyl (C=O) groups is 3. The van der Waals surface area contributed by atoms with Crippen LogP contribution in [0.3, 0.4) is 0 Å². The van der Waals surface area contributed by atoms with Crippen LogP contribution in [0.1, 0.15) is 39.1 Å². The number of fused-ring (bicyclic) bond motifs is 2. The van der Waals surface area contributed by atoms with Crippen LogP contribution >= 0.6 is 23.2 Å². The number of aryl methyl sites for hydroxylation is 1. The van der Waals surface area contributed by atoms with E-state index in [9.17, 15) is 14.4 Å². The summed E-state index contributed by atoms with van der Waals surface area (Å²) in [6, 6.07) is 3.22. The first-order valence-corrected chi connectivity index (χ1v) is 8.17. The van der Waals surface area contributed by atoms with E-state index in [0.29, 0.717) is 5.56 Å². The zero-order chi connectivity index (χ0) is 17.9. The number of ether oxygens (including phenoxy) is 2. The molecule has 0 radical (unpaired) electrons. The van der Waals surface area contributed by atoms with Gasteiger partial charge in [0.05, 0.1) is 18.8 Å².